The molecule has 0 amide bonds. The van der Waals surface area contributed by atoms with Crippen molar-refractivity contribution < 1.29 is 0 Å². The second-order valence-electron chi connectivity index (χ2n) is 14.6. The van der Waals surface area contributed by atoms with Crippen LogP contribution in [0.5, 0.6) is 0 Å². The maximum absolute atomic E-state index is 2.47. The Morgan fingerprint density at radius 2 is 0.589 bits per heavy atom. The number of rotatable bonds is 7. The van der Waals surface area contributed by atoms with Gasteiger partial charge < -0.3 is 4.90 Å². The van der Waals surface area contributed by atoms with Crippen LogP contribution >= 0.6 is 0 Å². The molecule has 0 N–H and O–H groups in total. The van der Waals surface area contributed by atoms with Crippen LogP contribution in [0, 0.1) is 0 Å². The molecular formula is C55H39N. The predicted octanol–water partition coefficient (Wildman–Crippen LogP) is 15.1. The summed E-state index contributed by atoms with van der Waals surface area (Å²) in [7, 11) is 0. The van der Waals surface area contributed by atoms with Crippen molar-refractivity contribution >= 4 is 17.1 Å². The van der Waals surface area contributed by atoms with E-state index in [4.69, 9.17) is 0 Å². The maximum Gasteiger partial charge on any atom is 0.0473 e. The van der Waals surface area contributed by atoms with E-state index in [1.54, 1.807) is 0 Å². The molecule has 0 saturated carbocycles. The minimum Gasteiger partial charge on any atom is -0.310 e. The summed E-state index contributed by atoms with van der Waals surface area (Å²) in [5.74, 6) is 0. The first-order chi connectivity index (χ1) is 27.7. The zero-order valence-corrected chi connectivity index (χ0v) is 31.0. The van der Waals surface area contributed by atoms with E-state index in [1.807, 2.05) is 0 Å². The van der Waals surface area contributed by atoms with Gasteiger partial charge in [-0.05, 0) is 133 Å². The van der Waals surface area contributed by atoms with Crippen LogP contribution in [-0.4, -0.2) is 0 Å². The van der Waals surface area contributed by atoms with Crippen LogP contribution in [0.25, 0.3) is 66.8 Å². The standard InChI is InChI=1S/C55H39N/c1-5-17-39(18-6-1)45-32-46(40-19-7-2-8-20-40)35-50(34-45)56(51-36-47(41-21-9-3-10-22-41)33-48(37-51)42-23-11-4-12-24-42)49-29-30-54-52-27-15-13-25-43(52)31-44-26-14-16-28-53(44)55(54)38-49/h1-30,32-38H,31H2. The van der Waals surface area contributed by atoms with Gasteiger partial charge in [0.25, 0.3) is 0 Å². The Balaban J connectivity index is 1.27. The van der Waals surface area contributed by atoms with E-state index in [9.17, 15) is 0 Å². The highest BCUT2D eigenvalue weighted by Crippen LogP contribution is 2.47. The monoisotopic (exact) mass is 713 g/mol. The van der Waals surface area contributed by atoms with Crippen molar-refractivity contribution in [1.29, 1.82) is 0 Å². The minimum atomic E-state index is 0.902. The third-order valence-electron chi connectivity index (χ3n) is 11.0. The van der Waals surface area contributed by atoms with E-state index < -0.39 is 0 Å². The van der Waals surface area contributed by atoms with Gasteiger partial charge in [0.1, 0.15) is 0 Å². The second-order valence-corrected chi connectivity index (χ2v) is 14.6. The van der Waals surface area contributed by atoms with Gasteiger partial charge in [-0.25, -0.2) is 0 Å². The molecule has 264 valence electrons. The molecule has 0 heterocycles. The van der Waals surface area contributed by atoms with Crippen LogP contribution in [0.2, 0.25) is 0 Å². The average Bonchev–Trinajstić information content (AvgIpc) is 3.42. The number of anilines is 3. The normalized spacial score (nSPS) is 11.5. The van der Waals surface area contributed by atoms with Crippen LogP contribution in [0.4, 0.5) is 17.1 Å². The first kappa shape index (κ1) is 33.4. The first-order valence-corrected chi connectivity index (χ1v) is 19.4. The highest BCUT2D eigenvalue weighted by molar-refractivity contribution is 5.94. The molecule has 1 aliphatic carbocycles. The Kier molecular flexibility index (Phi) is 8.67. The van der Waals surface area contributed by atoms with Crippen molar-refractivity contribution in [2.45, 2.75) is 6.42 Å². The van der Waals surface area contributed by atoms with Crippen LogP contribution in [0.15, 0.2) is 224 Å². The van der Waals surface area contributed by atoms with Crippen molar-refractivity contribution in [1.82, 2.24) is 0 Å². The lowest BCUT2D eigenvalue weighted by molar-refractivity contribution is 1.21. The lowest BCUT2D eigenvalue weighted by Gasteiger charge is -2.29. The van der Waals surface area contributed by atoms with Gasteiger partial charge in [0.15, 0.2) is 0 Å². The lowest BCUT2D eigenvalue weighted by Crippen LogP contribution is -2.11. The lowest BCUT2D eigenvalue weighted by atomic mass is 9.92. The van der Waals surface area contributed by atoms with Crippen LogP contribution < -0.4 is 4.90 Å². The molecule has 9 aromatic carbocycles. The molecule has 0 spiro atoms. The smallest absolute Gasteiger partial charge is 0.0473 e. The Bertz CT molecular complexity index is 2560. The van der Waals surface area contributed by atoms with Crippen molar-refractivity contribution in [3.05, 3.63) is 236 Å². The first-order valence-electron chi connectivity index (χ1n) is 19.4. The number of hydrogen-bond acceptors (Lipinski definition) is 1. The fraction of sp³-hybridized carbons (Fsp3) is 0.0182. The van der Waals surface area contributed by atoms with E-state index in [2.05, 4.69) is 229 Å². The topological polar surface area (TPSA) is 3.24 Å². The molecule has 0 atom stereocenters. The van der Waals surface area contributed by atoms with E-state index in [0.717, 1.165) is 23.5 Å². The summed E-state index contributed by atoms with van der Waals surface area (Å²) >= 11 is 0. The van der Waals surface area contributed by atoms with Gasteiger partial charge >= 0.3 is 0 Å². The Hall–Kier alpha value is -7.22. The number of fused-ring (bicyclic) bond motifs is 5. The number of benzene rings is 9. The summed E-state index contributed by atoms with van der Waals surface area (Å²) < 4.78 is 0. The molecule has 0 aromatic heterocycles. The zero-order chi connectivity index (χ0) is 37.3. The third kappa shape index (κ3) is 6.40. The van der Waals surface area contributed by atoms with Crippen LogP contribution in [-0.2, 0) is 6.42 Å². The summed E-state index contributed by atoms with van der Waals surface area (Å²) in [6.07, 6.45) is 0.902. The molecule has 1 aliphatic rings. The predicted molar refractivity (Wildman–Crippen MR) is 237 cm³/mol. The highest BCUT2D eigenvalue weighted by Gasteiger charge is 2.23. The molecule has 0 aliphatic heterocycles. The molecule has 9 aromatic rings. The maximum atomic E-state index is 2.47. The molecule has 0 bridgehead atoms. The van der Waals surface area contributed by atoms with Gasteiger partial charge in [-0.3, -0.25) is 0 Å². The van der Waals surface area contributed by atoms with Crippen molar-refractivity contribution in [2.24, 2.45) is 0 Å². The third-order valence-corrected chi connectivity index (χ3v) is 11.0. The Morgan fingerprint density at radius 3 is 1.00 bits per heavy atom. The zero-order valence-electron chi connectivity index (χ0n) is 31.0. The van der Waals surface area contributed by atoms with Gasteiger partial charge in [0, 0.05) is 17.1 Å². The molecule has 56 heavy (non-hydrogen) atoms. The van der Waals surface area contributed by atoms with Crippen molar-refractivity contribution in [3.8, 4) is 66.8 Å². The molecule has 0 saturated heterocycles. The largest absolute Gasteiger partial charge is 0.310 e. The van der Waals surface area contributed by atoms with Crippen LogP contribution in [0.3, 0.4) is 0 Å². The average molecular weight is 714 g/mol. The van der Waals surface area contributed by atoms with Crippen molar-refractivity contribution in [3.63, 3.8) is 0 Å². The fourth-order valence-corrected chi connectivity index (χ4v) is 8.33. The Labute approximate surface area is 329 Å². The quantitative estimate of drug-likeness (QED) is 0.159. The summed E-state index contributed by atoms with van der Waals surface area (Å²) in [4.78, 5) is 2.47. The fourth-order valence-electron chi connectivity index (χ4n) is 8.33. The molecule has 0 unspecified atom stereocenters. The summed E-state index contributed by atoms with van der Waals surface area (Å²) in [5, 5.41) is 0. The van der Waals surface area contributed by atoms with Gasteiger partial charge in [0.05, 0.1) is 0 Å². The molecule has 0 fully saturated rings. The van der Waals surface area contributed by atoms with Gasteiger partial charge in [-0.1, -0.05) is 176 Å². The summed E-state index contributed by atoms with van der Waals surface area (Å²) in [6.45, 7) is 0. The Morgan fingerprint density at radius 1 is 0.232 bits per heavy atom. The molecule has 1 nitrogen and oxygen atoms in total. The van der Waals surface area contributed by atoms with E-state index in [-0.39, 0.29) is 0 Å². The number of nitrogens with zero attached hydrogens (tertiary/aromatic N) is 1. The van der Waals surface area contributed by atoms with Gasteiger partial charge in [-0.2, -0.15) is 0 Å². The molecule has 0 radical (unpaired) electrons. The van der Waals surface area contributed by atoms with E-state index >= 15 is 0 Å². The van der Waals surface area contributed by atoms with Gasteiger partial charge in [-0.15, -0.1) is 0 Å². The number of hydrogen-bond donors (Lipinski definition) is 0. The van der Waals surface area contributed by atoms with E-state index in [1.165, 1.54) is 77.9 Å². The molecule has 10 rings (SSSR count). The minimum absolute atomic E-state index is 0.902. The van der Waals surface area contributed by atoms with Crippen LogP contribution in [0.1, 0.15) is 11.1 Å². The highest BCUT2D eigenvalue weighted by atomic mass is 15.1. The van der Waals surface area contributed by atoms with Gasteiger partial charge in [0.2, 0.25) is 0 Å². The molecular weight excluding hydrogens is 675 g/mol. The van der Waals surface area contributed by atoms with Crippen molar-refractivity contribution in [2.75, 3.05) is 4.90 Å². The summed E-state index contributed by atoms with van der Waals surface area (Å²) in [6, 6.07) is 82.0. The SMILES string of the molecule is c1ccc(-c2cc(-c3ccccc3)cc(N(c3cc(-c4ccccc4)cc(-c4ccccc4)c3)c3ccc4c(c3)-c3ccccc3Cc3ccccc3-4)c2)cc1. The van der Waals surface area contributed by atoms with E-state index in [0.29, 0.717) is 0 Å². The molecule has 1 heteroatoms. The summed E-state index contributed by atoms with van der Waals surface area (Å²) in [5.41, 5.74) is 20.5. The second kappa shape index (κ2) is 14.5.